The van der Waals surface area contributed by atoms with Crippen LogP contribution in [0.25, 0.3) is 16.8 Å². The average Bonchev–Trinajstić information content (AvgIpc) is 3.62. The number of hydrogen-bond donors (Lipinski definition) is 3. The Balaban J connectivity index is 1.04. The first-order valence-corrected chi connectivity index (χ1v) is 18.2. The van der Waals surface area contributed by atoms with Crippen molar-refractivity contribution in [2.75, 3.05) is 37.3 Å². The van der Waals surface area contributed by atoms with E-state index >= 15 is 0 Å². The zero-order valence-corrected chi connectivity index (χ0v) is 30.7. The van der Waals surface area contributed by atoms with Gasteiger partial charge in [-0.1, -0.05) is 42.4 Å². The molecule has 7 rings (SSSR count). The summed E-state index contributed by atoms with van der Waals surface area (Å²) in [6, 6.07) is 11.7. The first kappa shape index (κ1) is 35.0. The SMILES string of the molecule is C=C(Nc1cccc(-c2cccc(NC(=O)c3nc4c(n3C)CCN(C)C4)c2C)c1Cl)c1nc2c(n1C)CCN(CC1CCC(C(=O)O)CC1)C2. The van der Waals surface area contributed by atoms with Gasteiger partial charge in [-0.25, -0.2) is 9.97 Å². The van der Waals surface area contributed by atoms with Crippen molar-refractivity contribution in [2.45, 2.75) is 58.5 Å². The molecule has 0 atom stereocenters. The molecule has 12 heteroatoms. The molecule has 51 heavy (non-hydrogen) atoms. The van der Waals surface area contributed by atoms with Gasteiger partial charge in [0.05, 0.1) is 33.7 Å². The third kappa shape index (κ3) is 6.94. The van der Waals surface area contributed by atoms with Gasteiger partial charge >= 0.3 is 5.97 Å². The van der Waals surface area contributed by atoms with E-state index in [1.54, 1.807) is 0 Å². The first-order valence-electron chi connectivity index (χ1n) is 17.9. The number of nitrogens with one attached hydrogen (secondary N) is 2. The molecule has 0 radical (unpaired) electrons. The van der Waals surface area contributed by atoms with Crippen molar-refractivity contribution in [1.82, 2.24) is 28.9 Å². The number of amides is 1. The largest absolute Gasteiger partial charge is 0.481 e. The standard InChI is InChI=1S/C39H47ClN8O3/c1-23-27(8-6-10-29(23)44-38(49)37-43-31-21-45(3)18-16-33(31)47(37)5)28-9-7-11-30(35(28)40)41-24(2)36-42-32-22-48(19-17-34(32)46(36)4)20-25-12-14-26(15-13-25)39(50)51/h6-11,25-26,41H,2,12-22H2,1,3-5H3,(H,44,49)(H,50,51). The van der Waals surface area contributed by atoms with E-state index < -0.39 is 5.97 Å². The Morgan fingerprint density at radius 1 is 0.863 bits per heavy atom. The number of fused-ring (bicyclic) bond motifs is 2. The van der Waals surface area contributed by atoms with Gasteiger partial charge in [0.1, 0.15) is 0 Å². The summed E-state index contributed by atoms with van der Waals surface area (Å²) in [6.07, 6.45) is 5.26. The van der Waals surface area contributed by atoms with Crippen molar-refractivity contribution in [2.24, 2.45) is 25.9 Å². The summed E-state index contributed by atoms with van der Waals surface area (Å²) in [5.74, 6) is 0.631. The molecular weight excluding hydrogens is 664 g/mol. The summed E-state index contributed by atoms with van der Waals surface area (Å²) in [5, 5.41) is 16.5. The van der Waals surface area contributed by atoms with Gasteiger partial charge in [0.25, 0.3) is 5.91 Å². The number of halogens is 1. The number of hydrogen-bond acceptors (Lipinski definition) is 7. The smallest absolute Gasteiger partial charge is 0.306 e. The van der Waals surface area contributed by atoms with E-state index in [1.807, 2.05) is 62.0 Å². The second-order valence-corrected chi connectivity index (χ2v) is 14.9. The van der Waals surface area contributed by atoms with Crippen molar-refractivity contribution >= 4 is 40.5 Å². The highest BCUT2D eigenvalue weighted by Gasteiger charge is 2.30. The van der Waals surface area contributed by atoms with Crippen LogP contribution in [0.1, 0.15) is 70.5 Å². The molecule has 0 bridgehead atoms. The van der Waals surface area contributed by atoms with E-state index in [-0.39, 0.29) is 11.8 Å². The number of aliphatic carboxylic acids is 1. The zero-order chi connectivity index (χ0) is 36.0. The molecule has 1 saturated carbocycles. The number of anilines is 2. The lowest BCUT2D eigenvalue weighted by molar-refractivity contribution is -0.143. The highest BCUT2D eigenvalue weighted by Crippen LogP contribution is 2.39. The van der Waals surface area contributed by atoms with Gasteiger partial charge < -0.3 is 29.8 Å². The number of benzene rings is 2. The molecule has 3 aliphatic rings. The fourth-order valence-electron chi connectivity index (χ4n) is 8.12. The summed E-state index contributed by atoms with van der Waals surface area (Å²) in [7, 11) is 6.02. The van der Waals surface area contributed by atoms with Crippen molar-refractivity contribution < 1.29 is 14.7 Å². The summed E-state index contributed by atoms with van der Waals surface area (Å²) >= 11 is 7.10. The first-order chi connectivity index (χ1) is 24.5. The van der Waals surface area contributed by atoms with Gasteiger partial charge in [0, 0.05) is 82.3 Å². The van der Waals surface area contributed by atoms with E-state index in [1.165, 1.54) is 5.69 Å². The van der Waals surface area contributed by atoms with Crippen LogP contribution in [-0.2, 0) is 44.8 Å². The maximum absolute atomic E-state index is 13.5. The Hall–Kier alpha value is -4.45. The molecular formula is C39H47ClN8O3. The number of rotatable bonds is 9. The van der Waals surface area contributed by atoms with E-state index in [0.29, 0.717) is 28.1 Å². The Bertz CT molecular complexity index is 2010. The lowest BCUT2D eigenvalue weighted by atomic mass is 9.81. The van der Waals surface area contributed by atoms with Crippen molar-refractivity contribution in [3.05, 3.63) is 88.0 Å². The molecule has 1 aliphatic carbocycles. The van der Waals surface area contributed by atoms with Crippen LogP contribution in [-0.4, -0.2) is 72.6 Å². The molecule has 2 aromatic carbocycles. The Morgan fingerprint density at radius 3 is 2.22 bits per heavy atom. The number of nitrogens with zero attached hydrogens (tertiary/aromatic N) is 6. The minimum atomic E-state index is -0.656. The van der Waals surface area contributed by atoms with Gasteiger partial charge in [-0.2, -0.15) is 0 Å². The number of likely N-dealkylation sites (N-methyl/N-ethyl adjacent to an activating group) is 1. The van der Waals surface area contributed by atoms with Crippen LogP contribution in [0.2, 0.25) is 5.02 Å². The molecule has 268 valence electrons. The van der Waals surface area contributed by atoms with Crippen molar-refractivity contribution in [3.8, 4) is 11.1 Å². The van der Waals surface area contributed by atoms with Gasteiger partial charge in [-0.3, -0.25) is 14.5 Å². The summed E-state index contributed by atoms with van der Waals surface area (Å²) in [6.45, 7) is 10.7. The molecule has 0 saturated heterocycles. The van der Waals surface area contributed by atoms with Crippen LogP contribution >= 0.6 is 11.6 Å². The Labute approximate surface area is 304 Å². The average molecular weight is 711 g/mol. The second-order valence-electron chi connectivity index (χ2n) is 14.5. The quantitative estimate of drug-likeness (QED) is 0.184. The van der Waals surface area contributed by atoms with Crippen LogP contribution in [0.15, 0.2) is 43.0 Å². The van der Waals surface area contributed by atoms with Crippen LogP contribution in [0.3, 0.4) is 0 Å². The summed E-state index contributed by atoms with van der Waals surface area (Å²) in [4.78, 5) is 39.2. The Morgan fingerprint density at radius 2 is 1.49 bits per heavy atom. The minimum absolute atomic E-state index is 0.187. The molecule has 1 amide bonds. The monoisotopic (exact) mass is 710 g/mol. The number of imidazole rings is 2. The van der Waals surface area contributed by atoms with Gasteiger partial charge in [0.15, 0.2) is 11.6 Å². The minimum Gasteiger partial charge on any atom is -0.481 e. The van der Waals surface area contributed by atoms with Crippen LogP contribution in [0, 0.1) is 18.8 Å². The summed E-state index contributed by atoms with van der Waals surface area (Å²) in [5.41, 5.74) is 9.08. The molecule has 11 nitrogen and oxygen atoms in total. The summed E-state index contributed by atoms with van der Waals surface area (Å²) < 4.78 is 4.05. The van der Waals surface area contributed by atoms with Crippen molar-refractivity contribution in [3.63, 3.8) is 0 Å². The highest BCUT2D eigenvalue weighted by atomic mass is 35.5. The fourth-order valence-corrected chi connectivity index (χ4v) is 8.40. The normalized spacial score (nSPS) is 19.3. The van der Waals surface area contributed by atoms with E-state index in [0.717, 1.165) is 117 Å². The lowest BCUT2D eigenvalue weighted by Gasteiger charge is -2.33. The molecule has 2 aliphatic heterocycles. The van der Waals surface area contributed by atoms with Crippen molar-refractivity contribution in [1.29, 1.82) is 0 Å². The van der Waals surface area contributed by atoms with E-state index in [9.17, 15) is 14.7 Å². The number of carboxylic acid groups (broad SMARTS) is 1. The maximum Gasteiger partial charge on any atom is 0.306 e. The third-order valence-corrected chi connectivity index (χ3v) is 11.5. The highest BCUT2D eigenvalue weighted by molar-refractivity contribution is 6.36. The molecule has 1 fully saturated rings. The molecule has 3 N–H and O–H groups in total. The number of carboxylic acids is 1. The predicted octanol–water partition coefficient (Wildman–Crippen LogP) is 6.35. The molecule has 0 spiro atoms. The van der Waals surface area contributed by atoms with E-state index in [4.69, 9.17) is 21.6 Å². The third-order valence-electron chi connectivity index (χ3n) is 11.1. The van der Waals surface area contributed by atoms with Crippen LogP contribution in [0.4, 0.5) is 11.4 Å². The van der Waals surface area contributed by atoms with Gasteiger partial charge in [-0.15, -0.1) is 0 Å². The molecule has 0 unspecified atom stereocenters. The predicted molar refractivity (Wildman–Crippen MR) is 201 cm³/mol. The van der Waals surface area contributed by atoms with Gasteiger partial charge in [-0.05, 0) is 68.8 Å². The van der Waals surface area contributed by atoms with Crippen LogP contribution < -0.4 is 10.6 Å². The fraction of sp³-hybridized carbons (Fsp3) is 0.436. The number of carbonyl (C=O) groups excluding carboxylic acids is 1. The van der Waals surface area contributed by atoms with Gasteiger partial charge in [0.2, 0.25) is 0 Å². The number of carbonyl (C=O) groups is 2. The second kappa shape index (κ2) is 14.3. The topological polar surface area (TPSA) is 121 Å². The number of aromatic nitrogens is 4. The lowest BCUT2D eigenvalue weighted by Crippen LogP contribution is -2.36. The zero-order valence-electron chi connectivity index (χ0n) is 29.9. The molecule has 4 heterocycles. The maximum atomic E-state index is 13.5. The molecule has 4 aromatic rings. The van der Waals surface area contributed by atoms with E-state index in [2.05, 4.69) is 38.6 Å². The molecule has 2 aromatic heterocycles. The Kier molecular flexibility index (Phi) is 9.80. The van der Waals surface area contributed by atoms with Crippen LogP contribution in [0.5, 0.6) is 0 Å².